The van der Waals surface area contributed by atoms with Gasteiger partial charge in [-0.2, -0.15) is 0 Å². The number of hydrogen-bond acceptors (Lipinski definition) is 4. The topological polar surface area (TPSA) is 89.2 Å². The first-order chi connectivity index (χ1) is 12.1. The Bertz CT molecular complexity index is 883. The Kier molecular flexibility index (Phi) is 4.83. The van der Waals surface area contributed by atoms with E-state index in [-0.39, 0.29) is 11.8 Å². The van der Waals surface area contributed by atoms with Gasteiger partial charge in [0.05, 0.1) is 22.9 Å². The van der Waals surface area contributed by atoms with E-state index in [1.54, 1.807) is 13.0 Å². The lowest BCUT2D eigenvalue weighted by molar-refractivity contribution is -0.122. The Morgan fingerprint density at radius 2 is 2.08 bits per heavy atom. The van der Waals surface area contributed by atoms with E-state index in [2.05, 4.69) is 20.2 Å². The second kappa shape index (κ2) is 7.21. The van der Waals surface area contributed by atoms with Crippen molar-refractivity contribution in [3.63, 3.8) is 0 Å². The van der Waals surface area contributed by atoms with Crippen molar-refractivity contribution in [3.05, 3.63) is 54.2 Å². The molecule has 3 aromatic rings. The number of furan rings is 1. The number of nitrogens with one attached hydrogen (secondary N) is 2. The van der Waals surface area contributed by atoms with Gasteiger partial charge in [0.2, 0.25) is 5.91 Å². The molecule has 3 rings (SSSR count). The smallest absolute Gasteiger partial charge is 0.255 e. The Balaban J connectivity index is 1.53. The third kappa shape index (κ3) is 3.71. The van der Waals surface area contributed by atoms with Gasteiger partial charge in [0, 0.05) is 13.1 Å². The third-order valence-corrected chi connectivity index (χ3v) is 4.00. The number of imidazole rings is 1. The minimum absolute atomic E-state index is 0.237. The average Bonchev–Trinajstić information content (AvgIpc) is 3.23. The van der Waals surface area contributed by atoms with E-state index in [1.165, 1.54) is 12.5 Å². The fourth-order valence-electron chi connectivity index (χ4n) is 2.66. The molecule has 0 bridgehead atoms. The highest BCUT2D eigenvalue weighted by atomic mass is 16.3. The molecule has 0 aliphatic heterocycles. The molecule has 0 radical (unpaired) electrons. The van der Waals surface area contributed by atoms with Gasteiger partial charge in [-0.15, -0.1) is 0 Å². The highest BCUT2D eigenvalue weighted by Gasteiger charge is 2.17. The molecule has 0 saturated carbocycles. The molecule has 130 valence electrons. The van der Waals surface area contributed by atoms with Gasteiger partial charge in [0.15, 0.2) is 0 Å². The number of amides is 2. The maximum Gasteiger partial charge on any atom is 0.255 e. The number of hydrogen-bond donors (Lipinski definition) is 2. The van der Waals surface area contributed by atoms with Gasteiger partial charge in [-0.25, -0.2) is 4.98 Å². The van der Waals surface area contributed by atoms with Crippen LogP contribution in [0.5, 0.6) is 0 Å². The van der Waals surface area contributed by atoms with Crippen molar-refractivity contribution < 1.29 is 14.0 Å². The first kappa shape index (κ1) is 16.8. The minimum Gasteiger partial charge on any atom is -0.472 e. The molecule has 2 N–H and O–H groups in total. The number of rotatable bonds is 6. The summed E-state index contributed by atoms with van der Waals surface area (Å²) in [4.78, 5) is 28.6. The summed E-state index contributed by atoms with van der Waals surface area (Å²) in [6.07, 6.45) is 2.75. The van der Waals surface area contributed by atoms with Crippen molar-refractivity contribution in [1.82, 2.24) is 20.2 Å². The summed E-state index contributed by atoms with van der Waals surface area (Å²) in [6.45, 7) is 4.65. The number of nitrogens with zero attached hydrogens (tertiary/aromatic N) is 2. The van der Waals surface area contributed by atoms with Gasteiger partial charge >= 0.3 is 0 Å². The van der Waals surface area contributed by atoms with Crippen LogP contribution in [0.1, 0.15) is 23.1 Å². The number of para-hydroxylation sites is 2. The maximum atomic E-state index is 12.2. The first-order valence-electron chi connectivity index (χ1n) is 8.09. The van der Waals surface area contributed by atoms with E-state index < -0.39 is 6.04 Å². The average molecular weight is 340 g/mol. The van der Waals surface area contributed by atoms with E-state index in [0.29, 0.717) is 18.7 Å². The molecule has 25 heavy (non-hydrogen) atoms. The molecular weight excluding hydrogens is 320 g/mol. The van der Waals surface area contributed by atoms with Crippen molar-refractivity contribution in [2.45, 2.75) is 26.4 Å². The van der Waals surface area contributed by atoms with E-state index >= 15 is 0 Å². The molecule has 0 fully saturated rings. The summed E-state index contributed by atoms with van der Waals surface area (Å²) in [7, 11) is 0. The highest BCUT2D eigenvalue weighted by molar-refractivity contribution is 5.97. The van der Waals surface area contributed by atoms with Crippen LogP contribution in [0.15, 0.2) is 47.3 Å². The van der Waals surface area contributed by atoms with Gasteiger partial charge in [-0.1, -0.05) is 12.1 Å². The van der Waals surface area contributed by atoms with E-state index in [1.807, 2.05) is 31.2 Å². The van der Waals surface area contributed by atoms with Crippen LogP contribution in [-0.4, -0.2) is 34.0 Å². The number of benzene rings is 1. The zero-order chi connectivity index (χ0) is 17.8. The molecule has 0 aliphatic carbocycles. The molecular formula is C18H20N4O3. The normalized spacial score (nSPS) is 12.1. The Labute approximate surface area is 145 Å². The van der Waals surface area contributed by atoms with Gasteiger partial charge < -0.3 is 19.6 Å². The van der Waals surface area contributed by atoms with Crippen LogP contribution in [0.3, 0.4) is 0 Å². The van der Waals surface area contributed by atoms with Crippen LogP contribution < -0.4 is 10.6 Å². The summed E-state index contributed by atoms with van der Waals surface area (Å²) in [5, 5.41) is 5.47. The largest absolute Gasteiger partial charge is 0.472 e. The van der Waals surface area contributed by atoms with Crippen LogP contribution in [0.2, 0.25) is 0 Å². The van der Waals surface area contributed by atoms with Crippen LogP contribution in [0.4, 0.5) is 0 Å². The number of aromatic nitrogens is 2. The van der Waals surface area contributed by atoms with E-state index in [4.69, 9.17) is 4.42 Å². The molecule has 0 saturated heterocycles. The van der Waals surface area contributed by atoms with Crippen LogP contribution in [0.25, 0.3) is 11.0 Å². The summed E-state index contributed by atoms with van der Waals surface area (Å²) >= 11 is 0. The summed E-state index contributed by atoms with van der Waals surface area (Å²) in [6, 6.07) is 8.79. The predicted molar refractivity (Wildman–Crippen MR) is 93.1 cm³/mol. The molecule has 0 aliphatic rings. The molecule has 2 amide bonds. The zero-order valence-electron chi connectivity index (χ0n) is 14.2. The lowest BCUT2D eigenvalue weighted by Crippen LogP contribution is -2.45. The monoisotopic (exact) mass is 340 g/mol. The lowest BCUT2D eigenvalue weighted by Gasteiger charge is -2.14. The van der Waals surface area contributed by atoms with Crippen molar-refractivity contribution in [3.8, 4) is 0 Å². The Morgan fingerprint density at radius 3 is 2.84 bits per heavy atom. The summed E-state index contributed by atoms with van der Waals surface area (Å²) < 4.78 is 6.92. The Hall–Kier alpha value is -3.09. The minimum atomic E-state index is -0.636. The standard InChI is InChI=1S/C18H20N4O3/c1-12(20-18(24)14-7-10-25-11-14)17(23)19-8-9-22-13(2)21-15-5-3-4-6-16(15)22/h3-7,10-12H,8-9H2,1-2H3,(H,19,23)(H,20,24). The number of carbonyl (C=O) groups is 2. The van der Waals surface area contributed by atoms with Crippen molar-refractivity contribution in [2.24, 2.45) is 0 Å². The molecule has 0 spiro atoms. The van der Waals surface area contributed by atoms with Gasteiger partial charge in [0.1, 0.15) is 18.1 Å². The van der Waals surface area contributed by atoms with Crippen molar-refractivity contribution in [1.29, 1.82) is 0 Å². The molecule has 1 unspecified atom stereocenters. The van der Waals surface area contributed by atoms with Crippen molar-refractivity contribution in [2.75, 3.05) is 6.54 Å². The fourth-order valence-corrected chi connectivity index (χ4v) is 2.66. The van der Waals surface area contributed by atoms with Gasteiger partial charge in [0.25, 0.3) is 5.91 Å². The second-order valence-electron chi connectivity index (χ2n) is 5.80. The van der Waals surface area contributed by atoms with E-state index in [9.17, 15) is 9.59 Å². The molecule has 7 heteroatoms. The predicted octanol–water partition coefficient (Wildman–Crippen LogP) is 1.87. The zero-order valence-corrected chi connectivity index (χ0v) is 14.2. The molecule has 1 aromatic carbocycles. The third-order valence-electron chi connectivity index (χ3n) is 4.00. The highest BCUT2D eigenvalue weighted by Crippen LogP contribution is 2.14. The molecule has 2 heterocycles. The van der Waals surface area contributed by atoms with Crippen LogP contribution in [-0.2, 0) is 11.3 Å². The van der Waals surface area contributed by atoms with Crippen LogP contribution in [0, 0.1) is 6.92 Å². The number of aryl methyl sites for hydroxylation is 1. The first-order valence-corrected chi connectivity index (χ1v) is 8.09. The SMILES string of the molecule is Cc1nc2ccccc2n1CCNC(=O)C(C)NC(=O)c1ccoc1. The second-order valence-corrected chi connectivity index (χ2v) is 5.80. The van der Waals surface area contributed by atoms with Gasteiger partial charge in [-0.05, 0) is 32.0 Å². The van der Waals surface area contributed by atoms with Gasteiger partial charge in [-0.3, -0.25) is 9.59 Å². The van der Waals surface area contributed by atoms with Crippen molar-refractivity contribution >= 4 is 22.8 Å². The lowest BCUT2D eigenvalue weighted by atomic mass is 10.2. The Morgan fingerprint density at radius 1 is 1.28 bits per heavy atom. The summed E-state index contributed by atoms with van der Waals surface area (Å²) in [5.41, 5.74) is 2.36. The van der Waals surface area contributed by atoms with Crippen LogP contribution >= 0.6 is 0 Å². The maximum absolute atomic E-state index is 12.2. The molecule has 7 nitrogen and oxygen atoms in total. The number of carbonyl (C=O) groups excluding carboxylic acids is 2. The summed E-state index contributed by atoms with van der Waals surface area (Å²) in [5.74, 6) is 0.323. The number of fused-ring (bicyclic) bond motifs is 1. The molecule has 1 atom stereocenters. The fraction of sp³-hybridized carbons (Fsp3) is 0.278. The molecule has 2 aromatic heterocycles. The quantitative estimate of drug-likeness (QED) is 0.717. The van der Waals surface area contributed by atoms with E-state index in [0.717, 1.165) is 16.9 Å².